The first-order valence-electron chi connectivity index (χ1n) is 6.98. The lowest BCUT2D eigenvalue weighted by Crippen LogP contribution is -2.50. The van der Waals surface area contributed by atoms with E-state index in [1.165, 1.54) is 0 Å². The molecule has 0 aliphatic carbocycles. The molecule has 0 bridgehead atoms. The maximum Gasteiger partial charge on any atom is 0.738 e. The van der Waals surface area contributed by atoms with E-state index in [1.54, 1.807) is 30.5 Å². The van der Waals surface area contributed by atoms with E-state index >= 15 is 8.63 Å². The summed E-state index contributed by atoms with van der Waals surface area (Å²) in [5.41, 5.74) is 3.31. The zero-order chi connectivity index (χ0) is 16.4. The van der Waals surface area contributed by atoms with Crippen molar-refractivity contribution in [2.75, 3.05) is 0 Å². The molecule has 116 valence electrons. The molecule has 0 aromatic carbocycles. The molecule has 2 aliphatic rings. The van der Waals surface area contributed by atoms with Crippen LogP contribution in [0.15, 0.2) is 52.9 Å². The van der Waals surface area contributed by atoms with Crippen LogP contribution in [-0.4, -0.2) is 25.5 Å². The SMILES string of the molecule is Cc1ccnc(C2=C3C=CC(Br)=[N+]3[B-](F)(F)n3c(Br)ccc32)c1. The van der Waals surface area contributed by atoms with Crippen LogP contribution in [-0.2, 0) is 0 Å². The third-order valence-electron chi connectivity index (χ3n) is 4.04. The second-order valence-electron chi connectivity index (χ2n) is 5.50. The van der Waals surface area contributed by atoms with Gasteiger partial charge in [0, 0.05) is 40.0 Å². The summed E-state index contributed by atoms with van der Waals surface area (Å²) in [6, 6.07) is 7.13. The smallest absolute Gasteiger partial charge is 0.389 e. The van der Waals surface area contributed by atoms with Gasteiger partial charge in [0.2, 0.25) is 4.62 Å². The predicted octanol–water partition coefficient (Wildman–Crippen LogP) is 4.33. The van der Waals surface area contributed by atoms with Gasteiger partial charge in [0.1, 0.15) is 0 Å². The molecular weight excluding hydrogens is 431 g/mol. The topological polar surface area (TPSA) is 20.8 Å². The van der Waals surface area contributed by atoms with Crippen LogP contribution in [0.1, 0.15) is 17.0 Å². The van der Waals surface area contributed by atoms with Crippen LogP contribution in [0.4, 0.5) is 8.63 Å². The van der Waals surface area contributed by atoms with Crippen LogP contribution in [0.2, 0.25) is 0 Å². The number of aromatic nitrogens is 2. The largest absolute Gasteiger partial charge is 0.738 e. The highest BCUT2D eigenvalue weighted by Crippen LogP contribution is 2.41. The van der Waals surface area contributed by atoms with E-state index < -0.39 is 6.97 Å². The van der Waals surface area contributed by atoms with Gasteiger partial charge < -0.3 is 17.6 Å². The van der Waals surface area contributed by atoms with Gasteiger partial charge in [0.25, 0.3) is 0 Å². The van der Waals surface area contributed by atoms with E-state index in [2.05, 4.69) is 36.8 Å². The summed E-state index contributed by atoms with van der Waals surface area (Å²) in [5, 5.41) is 0. The zero-order valence-corrected chi connectivity index (χ0v) is 15.1. The first kappa shape index (κ1) is 15.0. The lowest BCUT2D eigenvalue weighted by molar-refractivity contribution is -0.358. The molecule has 0 radical (unpaired) electrons. The molecule has 4 heterocycles. The Morgan fingerprint density at radius 1 is 1.17 bits per heavy atom. The van der Waals surface area contributed by atoms with Crippen LogP contribution in [0.5, 0.6) is 0 Å². The summed E-state index contributed by atoms with van der Waals surface area (Å²) < 4.78 is 32.8. The summed E-state index contributed by atoms with van der Waals surface area (Å²) in [5.74, 6) is 0. The Kier molecular flexibility index (Phi) is 3.25. The molecule has 2 aromatic rings. The summed E-state index contributed by atoms with van der Waals surface area (Å²) in [7, 11) is 0. The number of hydrogen-bond donors (Lipinski definition) is 0. The van der Waals surface area contributed by atoms with Gasteiger partial charge in [-0.3, -0.25) is 4.98 Å². The van der Waals surface area contributed by atoms with Crippen molar-refractivity contribution < 1.29 is 13.1 Å². The molecule has 0 fully saturated rings. The first-order valence-corrected chi connectivity index (χ1v) is 8.56. The molecule has 3 nitrogen and oxygen atoms in total. The average Bonchev–Trinajstić information content (AvgIpc) is 3.05. The van der Waals surface area contributed by atoms with E-state index in [-0.39, 0.29) is 0 Å². The van der Waals surface area contributed by atoms with Crippen LogP contribution >= 0.6 is 31.9 Å². The second kappa shape index (κ2) is 4.98. The zero-order valence-electron chi connectivity index (χ0n) is 12.0. The lowest BCUT2D eigenvalue weighted by Gasteiger charge is -2.31. The normalized spacial score (nSPS) is 18.5. The Balaban J connectivity index is 2.12. The van der Waals surface area contributed by atoms with Gasteiger partial charge in [0.05, 0.1) is 15.9 Å². The fourth-order valence-corrected chi connectivity index (χ4v) is 4.21. The highest BCUT2D eigenvalue weighted by molar-refractivity contribution is 9.18. The van der Waals surface area contributed by atoms with Crippen LogP contribution in [0.3, 0.4) is 0 Å². The van der Waals surface area contributed by atoms with Crippen molar-refractivity contribution >= 4 is 49.0 Å². The maximum atomic E-state index is 15.0. The van der Waals surface area contributed by atoms with Crippen LogP contribution in [0.25, 0.3) is 5.57 Å². The molecule has 8 heteroatoms. The minimum atomic E-state index is -3.98. The molecule has 0 unspecified atom stereocenters. The first-order chi connectivity index (χ1) is 10.9. The van der Waals surface area contributed by atoms with E-state index in [0.717, 1.165) is 14.5 Å². The molecule has 0 N–H and O–H groups in total. The van der Waals surface area contributed by atoms with Crippen molar-refractivity contribution in [1.82, 2.24) is 9.46 Å². The molecular formula is C15H10BBr2F2N3. The minimum absolute atomic E-state index is 0.342. The summed E-state index contributed by atoms with van der Waals surface area (Å²) >= 11 is 6.49. The number of aryl methyl sites for hydroxylation is 1. The van der Waals surface area contributed by atoms with Gasteiger partial charge in [-0.05, 0) is 52.7 Å². The summed E-state index contributed by atoms with van der Waals surface area (Å²) in [4.78, 5) is 4.40. The molecule has 0 amide bonds. The van der Waals surface area contributed by atoms with Crippen molar-refractivity contribution in [3.63, 3.8) is 0 Å². The lowest BCUT2D eigenvalue weighted by atomic mass is 9.87. The third kappa shape index (κ3) is 2.04. The van der Waals surface area contributed by atoms with Crippen molar-refractivity contribution in [2.45, 2.75) is 6.92 Å². The Morgan fingerprint density at radius 3 is 2.70 bits per heavy atom. The van der Waals surface area contributed by atoms with E-state index in [4.69, 9.17) is 0 Å². The monoisotopic (exact) mass is 439 g/mol. The number of rotatable bonds is 1. The van der Waals surface area contributed by atoms with Crippen LogP contribution < -0.4 is 0 Å². The highest BCUT2D eigenvalue weighted by Gasteiger charge is 2.54. The highest BCUT2D eigenvalue weighted by atomic mass is 79.9. The Bertz CT molecular complexity index is 944. The van der Waals surface area contributed by atoms with E-state index in [0.29, 0.717) is 31.9 Å². The predicted molar refractivity (Wildman–Crippen MR) is 93.8 cm³/mol. The molecule has 0 atom stereocenters. The average molecular weight is 441 g/mol. The minimum Gasteiger partial charge on any atom is -0.389 e. The summed E-state index contributed by atoms with van der Waals surface area (Å²) in [6.45, 7) is -2.03. The van der Waals surface area contributed by atoms with Gasteiger partial charge in [-0.15, -0.1) is 0 Å². The van der Waals surface area contributed by atoms with Crippen molar-refractivity contribution in [3.05, 3.63) is 69.9 Å². The van der Waals surface area contributed by atoms with Crippen LogP contribution in [0, 0.1) is 6.92 Å². The van der Waals surface area contributed by atoms with E-state index in [1.807, 2.05) is 19.1 Å². The standard InChI is InChI=1S/C15H10BBr2F2N3/c1-9-6-7-21-10(8-9)15-11-2-4-13(17)22(11)16(19,20)23-12(15)3-5-14(23)18/h2-8H,1H3. The molecule has 0 spiro atoms. The van der Waals surface area contributed by atoms with Gasteiger partial charge >= 0.3 is 6.97 Å². The fourth-order valence-electron chi connectivity index (χ4n) is 3.07. The molecule has 2 aliphatic heterocycles. The van der Waals surface area contributed by atoms with Gasteiger partial charge in [-0.1, -0.05) is 0 Å². The molecule has 0 saturated heterocycles. The molecule has 2 aromatic heterocycles. The fraction of sp³-hybridized carbons (Fsp3) is 0.0667. The second-order valence-corrected chi connectivity index (χ2v) is 7.13. The maximum absolute atomic E-state index is 15.0. The number of nitrogens with zero attached hydrogens (tertiary/aromatic N) is 3. The van der Waals surface area contributed by atoms with Crippen molar-refractivity contribution in [3.8, 4) is 0 Å². The number of fused-ring (bicyclic) bond motifs is 2. The van der Waals surface area contributed by atoms with E-state index in [9.17, 15) is 0 Å². The third-order valence-corrected chi connectivity index (χ3v) is 5.33. The quantitative estimate of drug-likeness (QED) is 0.605. The van der Waals surface area contributed by atoms with Gasteiger partial charge in [-0.2, -0.15) is 0 Å². The molecule has 4 rings (SSSR count). The Morgan fingerprint density at radius 2 is 1.96 bits per heavy atom. The number of halogens is 4. The van der Waals surface area contributed by atoms with Crippen molar-refractivity contribution in [2.24, 2.45) is 0 Å². The van der Waals surface area contributed by atoms with Crippen molar-refractivity contribution in [1.29, 1.82) is 0 Å². The number of allylic oxidation sites excluding steroid dienone is 2. The Hall–Kier alpha value is -1.54. The molecule has 23 heavy (non-hydrogen) atoms. The number of hydrogen-bond acceptors (Lipinski definition) is 1. The summed E-state index contributed by atoms with van der Waals surface area (Å²) in [6.07, 6.45) is 5.03. The van der Waals surface area contributed by atoms with Gasteiger partial charge in [-0.25, -0.2) is 0 Å². The molecule has 0 saturated carbocycles. The van der Waals surface area contributed by atoms with Gasteiger partial charge in [0.15, 0.2) is 5.70 Å². The number of pyridine rings is 1. The Labute approximate surface area is 148 Å².